The zero-order chi connectivity index (χ0) is 43.1. The molecule has 0 aromatic rings. The Balaban J connectivity index is 4.68. The average molecular weight is 820 g/mol. The van der Waals surface area contributed by atoms with Crippen molar-refractivity contribution < 1.29 is 24.5 Å². The molecular formula is C53H89NO5. The smallest absolute Gasteiger partial charge is 0.306 e. The van der Waals surface area contributed by atoms with Gasteiger partial charge < -0.3 is 20.3 Å². The van der Waals surface area contributed by atoms with Crippen LogP contribution in [-0.4, -0.2) is 46.9 Å². The summed E-state index contributed by atoms with van der Waals surface area (Å²) in [7, 11) is 0. The average Bonchev–Trinajstić information content (AvgIpc) is 3.23. The van der Waals surface area contributed by atoms with Crippen LogP contribution in [0.4, 0.5) is 0 Å². The molecule has 0 fully saturated rings. The number of ether oxygens (including phenoxy) is 1. The zero-order valence-corrected chi connectivity index (χ0v) is 38.1. The van der Waals surface area contributed by atoms with E-state index in [4.69, 9.17) is 4.74 Å². The van der Waals surface area contributed by atoms with Crippen LogP contribution in [0, 0.1) is 0 Å². The predicted octanol–water partition coefficient (Wildman–Crippen LogP) is 14.2. The number of nitrogens with one attached hydrogen (secondary N) is 1. The Labute approximate surface area is 363 Å². The summed E-state index contributed by atoms with van der Waals surface area (Å²) in [6.07, 6.45) is 60.4. The van der Waals surface area contributed by atoms with E-state index in [0.717, 1.165) is 83.5 Å². The largest absolute Gasteiger partial charge is 0.462 e. The second-order valence-electron chi connectivity index (χ2n) is 15.9. The molecule has 1 amide bonds. The lowest BCUT2D eigenvalue weighted by molar-refractivity contribution is -0.151. The molecule has 6 heteroatoms. The van der Waals surface area contributed by atoms with Gasteiger partial charge in [-0.25, -0.2) is 0 Å². The summed E-state index contributed by atoms with van der Waals surface area (Å²) in [6.45, 7) is 6.17. The Morgan fingerprint density at radius 2 is 0.915 bits per heavy atom. The Bertz CT molecular complexity index is 1190. The number of esters is 1. The van der Waals surface area contributed by atoms with E-state index in [-0.39, 0.29) is 24.9 Å². The van der Waals surface area contributed by atoms with Crippen molar-refractivity contribution >= 4 is 11.9 Å². The summed E-state index contributed by atoms with van der Waals surface area (Å²) in [6, 6.07) is -0.727. The zero-order valence-electron chi connectivity index (χ0n) is 38.1. The van der Waals surface area contributed by atoms with Crippen molar-refractivity contribution in [1.82, 2.24) is 5.32 Å². The highest BCUT2D eigenvalue weighted by Gasteiger charge is 2.24. The Morgan fingerprint density at radius 3 is 1.39 bits per heavy atom. The van der Waals surface area contributed by atoms with Crippen LogP contribution >= 0.6 is 0 Å². The third-order valence-corrected chi connectivity index (χ3v) is 10.3. The second-order valence-corrected chi connectivity index (χ2v) is 15.9. The molecule has 59 heavy (non-hydrogen) atoms. The third-order valence-electron chi connectivity index (χ3n) is 10.3. The van der Waals surface area contributed by atoms with Crippen LogP contribution in [0.1, 0.15) is 201 Å². The van der Waals surface area contributed by atoms with Gasteiger partial charge in [0.25, 0.3) is 0 Å². The lowest BCUT2D eigenvalue weighted by atomic mass is 10.0. The number of hydrogen-bond acceptors (Lipinski definition) is 5. The summed E-state index contributed by atoms with van der Waals surface area (Å²) in [5.74, 6) is -0.568. The summed E-state index contributed by atoms with van der Waals surface area (Å²) < 4.78 is 5.87. The number of unbranched alkanes of at least 4 members (excludes halogenated alkanes) is 19. The molecule has 3 N–H and O–H groups in total. The van der Waals surface area contributed by atoms with Crippen molar-refractivity contribution in [1.29, 1.82) is 0 Å². The van der Waals surface area contributed by atoms with Crippen LogP contribution in [0.3, 0.4) is 0 Å². The number of allylic oxidation sites excluding steroid dienone is 16. The fourth-order valence-electron chi connectivity index (χ4n) is 6.74. The van der Waals surface area contributed by atoms with E-state index in [9.17, 15) is 19.8 Å². The van der Waals surface area contributed by atoms with E-state index < -0.39 is 18.2 Å². The summed E-state index contributed by atoms with van der Waals surface area (Å²) >= 11 is 0. The third kappa shape index (κ3) is 41.3. The van der Waals surface area contributed by atoms with Crippen molar-refractivity contribution in [3.05, 3.63) is 97.2 Å². The first-order valence-electron chi connectivity index (χ1n) is 24.1. The summed E-state index contributed by atoms with van der Waals surface area (Å²) in [4.78, 5) is 26.0. The lowest BCUT2D eigenvalue weighted by Crippen LogP contribution is -2.46. The molecule has 6 nitrogen and oxygen atoms in total. The van der Waals surface area contributed by atoms with Gasteiger partial charge in [0.15, 0.2) is 0 Å². The molecule has 0 aromatic carbocycles. The van der Waals surface area contributed by atoms with E-state index >= 15 is 0 Å². The van der Waals surface area contributed by atoms with Gasteiger partial charge in [0, 0.05) is 6.42 Å². The molecule has 0 aliphatic carbocycles. The van der Waals surface area contributed by atoms with Gasteiger partial charge in [-0.1, -0.05) is 221 Å². The molecule has 0 saturated heterocycles. The van der Waals surface area contributed by atoms with Crippen molar-refractivity contribution in [2.24, 2.45) is 0 Å². The van der Waals surface area contributed by atoms with Crippen molar-refractivity contribution in [2.45, 2.75) is 219 Å². The molecule has 0 radical (unpaired) electrons. The minimum atomic E-state index is -0.809. The highest BCUT2D eigenvalue weighted by molar-refractivity contribution is 5.77. The molecule has 0 saturated carbocycles. The van der Waals surface area contributed by atoms with Crippen LogP contribution in [0.2, 0.25) is 0 Å². The number of aliphatic hydroxyl groups is 2. The Kier molecular flexibility index (Phi) is 43.4. The van der Waals surface area contributed by atoms with Gasteiger partial charge in [-0.05, 0) is 64.2 Å². The molecule has 0 rings (SSSR count). The molecule has 3 atom stereocenters. The first kappa shape index (κ1) is 55.8. The molecule has 3 unspecified atom stereocenters. The van der Waals surface area contributed by atoms with Crippen LogP contribution in [0.5, 0.6) is 0 Å². The van der Waals surface area contributed by atoms with Crippen LogP contribution in [0.15, 0.2) is 97.2 Å². The van der Waals surface area contributed by atoms with Crippen LogP contribution in [-0.2, 0) is 14.3 Å². The maximum absolute atomic E-state index is 13.2. The Hall–Kier alpha value is -3.22. The SMILES string of the molecule is CC/C=C/C=C/C=C\C=C/C=C/CCCCCC(=O)OC(CCCCC\C=C/C=C/C=C/CC)CC(=O)NC(CO)C(O)CCCCCCCCCCCCCCCC. The first-order valence-corrected chi connectivity index (χ1v) is 24.1. The van der Waals surface area contributed by atoms with Gasteiger partial charge in [-0.15, -0.1) is 0 Å². The number of carbonyl (C=O) groups is 2. The number of aliphatic hydroxyl groups excluding tert-OH is 2. The molecule has 0 aliphatic rings. The molecule has 0 aliphatic heterocycles. The van der Waals surface area contributed by atoms with Crippen molar-refractivity contribution in [2.75, 3.05) is 6.61 Å². The minimum Gasteiger partial charge on any atom is -0.462 e. The fourth-order valence-corrected chi connectivity index (χ4v) is 6.74. The predicted molar refractivity (Wildman–Crippen MR) is 254 cm³/mol. The maximum atomic E-state index is 13.2. The molecule has 0 bridgehead atoms. The molecule has 0 spiro atoms. The number of rotatable bonds is 41. The van der Waals surface area contributed by atoms with Gasteiger partial charge >= 0.3 is 5.97 Å². The van der Waals surface area contributed by atoms with Gasteiger partial charge in [0.05, 0.1) is 25.2 Å². The maximum Gasteiger partial charge on any atom is 0.306 e. The topological polar surface area (TPSA) is 95.9 Å². The highest BCUT2D eigenvalue weighted by Crippen LogP contribution is 2.17. The number of amides is 1. The minimum absolute atomic E-state index is 0.0312. The van der Waals surface area contributed by atoms with E-state index in [1.165, 1.54) is 70.6 Å². The van der Waals surface area contributed by atoms with Gasteiger partial charge in [0.2, 0.25) is 5.91 Å². The van der Waals surface area contributed by atoms with Crippen molar-refractivity contribution in [3.8, 4) is 0 Å². The van der Waals surface area contributed by atoms with E-state index in [1.807, 2.05) is 54.7 Å². The summed E-state index contributed by atoms with van der Waals surface area (Å²) in [5, 5.41) is 23.7. The fraction of sp³-hybridized carbons (Fsp3) is 0.660. The van der Waals surface area contributed by atoms with Gasteiger partial charge in [-0.2, -0.15) is 0 Å². The standard InChI is InChI=1S/C53H89NO5/c1-4-7-10-13-16-19-22-24-26-28-31-34-37-40-43-46-53(58)59-49(44-41-38-35-32-29-21-18-15-12-9-6-3)47-52(57)54-50(48-55)51(56)45-42-39-36-33-30-27-25-23-20-17-14-11-8-5-2/h7,9-10,12-13,15-16,18-19,21-22,24,26,28-29,31,49-51,55-56H,4-6,8,11,14,17,20,23,25,27,30,32-48H2,1-3H3,(H,54,57)/b10-7+,12-9+,16-13+,18-15+,22-19-,26-24-,29-21-,31-28+. The molecule has 336 valence electrons. The van der Waals surface area contributed by atoms with E-state index in [1.54, 1.807) is 0 Å². The molecular weight excluding hydrogens is 731 g/mol. The normalized spacial score (nSPS) is 14.2. The number of hydrogen-bond donors (Lipinski definition) is 3. The highest BCUT2D eigenvalue weighted by atomic mass is 16.5. The monoisotopic (exact) mass is 820 g/mol. The Morgan fingerprint density at radius 1 is 0.508 bits per heavy atom. The van der Waals surface area contributed by atoms with Gasteiger partial charge in [-0.3, -0.25) is 9.59 Å². The molecule has 0 heterocycles. The van der Waals surface area contributed by atoms with Crippen LogP contribution in [0.25, 0.3) is 0 Å². The second kappa shape index (κ2) is 45.9. The van der Waals surface area contributed by atoms with Crippen LogP contribution < -0.4 is 5.32 Å². The van der Waals surface area contributed by atoms with E-state index in [0.29, 0.717) is 19.3 Å². The van der Waals surface area contributed by atoms with E-state index in [2.05, 4.69) is 68.6 Å². The van der Waals surface area contributed by atoms with Crippen molar-refractivity contribution in [3.63, 3.8) is 0 Å². The first-order chi connectivity index (χ1) is 29.0. The quantitative estimate of drug-likeness (QED) is 0.0324. The summed E-state index contributed by atoms with van der Waals surface area (Å²) in [5.41, 5.74) is 0. The van der Waals surface area contributed by atoms with Gasteiger partial charge in [0.1, 0.15) is 6.10 Å². The lowest BCUT2D eigenvalue weighted by Gasteiger charge is -2.24. The molecule has 0 aromatic heterocycles. The number of carbonyl (C=O) groups excluding carboxylic acids is 2.